The molecule has 62 valence electrons. The Morgan fingerprint density at radius 2 is 2.00 bits per heavy atom. The second kappa shape index (κ2) is 5.07. The van der Waals surface area contributed by atoms with E-state index in [1.54, 1.807) is 18.2 Å². The zero-order valence-electron chi connectivity index (χ0n) is 5.89. The minimum absolute atomic E-state index is 0. The summed E-state index contributed by atoms with van der Waals surface area (Å²) in [6, 6.07) is 6.47. The van der Waals surface area contributed by atoms with Gasteiger partial charge in [-0.1, -0.05) is 18.2 Å². The summed E-state index contributed by atoms with van der Waals surface area (Å²) in [5, 5.41) is 0. The average Bonchev–Trinajstić information content (AvgIpc) is 1.94. The van der Waals surface area contributed by atoms with Gasteiger partial charge in [-0.2, -0.15) is 0 Å². The van der Waals surface area contributed by atoms with Crippen molar-refractivity contribution in [3.8, 4) is 0 Å². The van der Waals surface area contributed by atoms with Crippen molar-refractivity contribution in [3.63, 3.8) is 0 Å². The standard InChI is InChI=1S/C7H9FNO.ClH/c8-7-4-2-1-3-6(7)5-10-9;/h1-4H,5H2,9H3;1H/q+1;/p-1. The minimum Gasteiger partial charge on any atom is -1.00 e. The van der Waals surface area contributed by atoms with Crippen molar-refractivity contribution in [1.29, 1.82) is 0 Å². The molecule has 11 heavy (non-hydrogen) atoms. The summed E-state index contributed by atoms with van der Waals surface area (Å²) in [4.78, 5) is 4.52. The van der Waals surface area contributed by atoms with E-state index in [0.717, 1.165) is 0 Å². The summed E-state index contributed by atoms with van der Waals surface area (Å²) >= 11 is 0. The molecule has 0 spiro atoms. The zero-order valence-corrected chi connectivity index (χ0v) is 6.64. The van der Waals surface area contributed by atoms with Crippen molar-refractivity contribution in [1.82, 2.24) is 0 Å². The summed E-state index contributed by atoms with van der Waals surface area (Å²) < 4.78 is 12.7. The van der Waals surface area contributed by atoms with Crippen LogP contribution in [0.25, 0.3) is 0 Å². The van der Waals surface area contributed by atoms with Crippen LogP contribution < -0.4 is 18.3 Å². The molecule has 0 bridgehead atoms. The van der Waals surface area contributed by atoms with Crippen LogP contribution in [0.3, 0.4) is 0 Å². The molecule has 3 N–H and O–H groups in total. The van der Waals surface area contributed by atoms with Gasteiger partial charge in [0.15, 0.2) is 0 Å². The van der Waals surface area contributed by atoms with Gasteiger partial charge in [0.2, 0.25) is 0 Å². The Morgan fingerprint density at radius 1 is 1.36 bits per heavy atom. The molecule has 0 aliphatic carbocycles. The molecule has 0 aliphatic rings. The van der Waals surface area contributed by atoms with E-state index in [2.05, 4.69) is 10.7 Å². The minimum atomic E-state index is -0.244. The first-order valence-corrected chi connectivity index (χ1v) is 2.95. The van der Waals surface area contributed by atoms with Gasteiger partial charge in [-0.15, -0.1) is 0 Å². The highest BCUT2D eigenvalue weighted by Gasteiger charge is 1.98. The lowest BCUT2D eigenvalue weighted by molar-refractivity contribution is -0.695. The summed E-state index contributed by atoms with van der Waals surface area (Å²) in [6.07, 6.45) is 0. The van der Waals surface area contributed by atoms with Gasteiger partial charge in [0, 0.05) is 5.56 Å². The number of halogens is 2. The SMILES string of the molecule is [Cl-].[NH3+]OCc1ccccc1F. The van der Waals surface area contributed by atoms with Gasteiger partial charge in [0.05, 0.1) is 0 Å². The maximum Gasteiger partial charge on any atom is 0.134 e. The summed E-state index contributed by atoms with van der Waals surface area (Å²) in [5.74, 6) is 2.91. The van der Waals surface area contributed by atoms with Crippen molar-refractivity contribution in [3.05, 3.63) is 35.6 Å². The van der Waals surface area contributed by atoms with E-state index >= 15 is 0 Å². The van der Waals surface area contributed by atoms with Crippen LogP contribution in [0.5, 0.6) is 0 Å². The second-order valence-electron chi connectivity index (χ2n) is 1.94. The molecular formula is C7H9ClFNO. The molecule has 0 atom stereocenters. The van der Waals surface area contributed by atoms with E-state index < -0.39 is 0 Å². The fraction of sp³-hybridized carbons (Fsp3) is 0.143. The van der Waals surface area contributed by atoms with Gasteiger partial charge < -0.3 is 12.4 Å². The molecule has 0 radical (unpaired) electrons. The summed E-state index contributed by atoms with van der Waals surface area (Å²) in [6.45, 7) is 0.229. The lowest BCUT2D eigenvalue weighted by atomic mass is 10.2. The van der Waals surface area contributed by atoms with Crippen molar-refractivity contribution < 1.29 is 27.5 Å². The average molecular weight is 178 g/mol. The Hall–Kier alpha value is -0.640. The van der Waals surface area contributed by atoms with Gasteiger partial charge in [0.1, 0.15) is 12.4 Å². The fourth-order valence-corrected chi connectivity index (χ4v) is 0.725. The molecule has 0 fully saturated rings. The molecule has 0 unspecified atom stereocenters. The Kier molecular flexibility index (Phi) is 4.77. The predicted molar refractivity (Wildman–Crippen MR) is 34.1 cm³/mol. The number of hydrogen-bond donors (Lipinski definition) is 1. The quantitative estimate of drug-likeness (QED) is 0.499. The second-order valence-corrected chi connectivity index (χ2v) is 1.94. The Bertz CT molecular complexity index is 219. The molecule has 4 heteroatoms. The zero-order chi connectivity index (χ0) is 7.40. The van der Waals surface area contributed by atoms with Crippen LogP contribution in [-0.2, 0) is 11.4 Å². The van der Waals surface area contributed by atoms with Crippen molar-refractivity contribution >= 4 is 0 Å². The van der Waals surface area contributed by atoms with E-state index in [1.165, 1.54) is 6.07 Å². The van der Waals surface area contributed by atoms with Crippen LogP contribution in [0.15, 0.2) is 24.3 Å². The van der Waals surface area contributed by atoms with Gasteiger partial charge >= 0.3 is 0 Å². The predicted octanol–water partition coefficient (Wildman–Crippen LogP) is -2.50. The lowest BCUT2D eigenvalue weighted by Crippen LogP contribution is -3.00. The van der Waals surface area contributed by atoms with Crippen molar-refractivity contribution in [2.75, 3.05) is 0 Å². The van der Waals surface area contributed by atoms with Crippen LogP contribution in [-0.4, -0.2) is 0 Å². The molecule has 1 aromatic carbocycles. The number of benzene rings is 1. The molecule has 0 saturated heterocycles. The van der Waals surface area contributed by atoms with E-state index in [0.29, 0.717) is 5.56 Å². The Labute approximate surface area is 70.5 Å². The van der Waals surface area contributed by atoms with Crippen molar-refractivity contribution in [2.24, 2.45) is 0 Å². The molecule has 0 aromatic heterocycles. The molecule has 0 aliphatic heterocycles. The molecule has 0 amide bonds. The lowest BCUT2D eigenvalue weighted by Gasteiger charge is -1.96. The van der Waals surface area contributed by atoms with E-state index in [4.69, 9.17) is 0 Å². The monoisotopic (exact) mass is 177 g/mol. The molecule has 0 saturated carbocycles. The summed E-state index contributed by atoms with van der Waals surface area (Å²) in [7, 11) is 0. The molecular weight excluding hydrogens is 169 g/mol. The third-order valence-corrected chi connectivity index (χ3v) is 1.22. The Morgan fingerprint density at radius 3 is 2.55 bits per heavy atom. The van der Waals surface area contributed by atoms with Crippen LogP contribution in [0, 0.1) is 5.82 Å². The third kappa shape index (κ3) is 2.84. The summed E-state index contributed by atoms with van der Waals surface area (Å²) in [5.41, 5.74) is 0.539. The van der Waals surface area contributed by atoms with Crippen LogP contribution in [0.4, 0.5) is 4.39 Å². The fourth-order valence-electron chi connectivity index (χ4n) is 0.725. The number of quaternary nitrogens is 1. The molecule has 0 heterocycles. The van der Waals surface area contributed by atoms with E-state index in [9.17, 15) is 4.39 Å². The maximum absolute atomic E-state index is 12.7. The highest BCUT2D eigenvalue weighted by atomic mass is 35.5. The first-order valence-electron chi connectivity index (χ1n) is 2.95. The maximum atomic E-state index is 12.7. The first-order chi connectivity index (χ1) is 4.84. The molecule has 1 rings (SSSR count). The van der Waals surface area contributed by atoms with Crippen LogP contribution >= 0.6 is 0 Å². The number of rotatable bonds is 2. The number of hydrogen-bond acceptors (Lipinski definition) is 1. The third-order valence-electron chi connectivity index (χ3n) is 1.22. The largest absolute Gasteiger partial charge is 1.00 e. The van der Waals surface area contributed by atoms with E-state index in [-0.39, 0.29) is 24.8 Å². The first kappa shape index (κ1) is 10.4. The van der Waals surface area contributed by atoms with Gasteiger partial charge in [0.25, 0.3) is 0 Å². The van der Waals surface area contributed by atoms with Crippen LogP contribution in [0.1, 0.15) is 5.56 Å². The highest BCUT2D eigenvalue weighted by molar-refractivity contribution is 5.15. The normalized spacial score (nSPS) is 8.91. The van der Waals surface area contributed by atoms with Crippen LogP contribution in [0.2, 0.25) is 0 Å². The molecule has 1 aromatic rings. The van der Waals surface area contributed by atoms with E-state index in [1.807, 2.05) is 0 Å². The van der Waals surface area contributed by atoms with Crippen molar-refractivity contribution in [2.45, 2.75) is 6.61 Å². The smallest absolute Gasteiger partial charge is 0.134 e. The highest BCUT2D eigenvalue weighted by Crippen LogP contribution is 2.05. The van der Waals surface area contributed by atoms with Gasteiger partial charge in [-0.25, -0.2) is 15.1 Å². The topological polar surface area (TPSA) is 36.9 Å². The molecule has 2 nitrogen and oxygen atoms in total. The Balaban J connectivity index is 0.000001000. The van der Waals surface area contributed by atoms with Gasteiger partial charge in [-0.3, -0.25) is 0 Å². The van der Waals surface area contributed by atoms with Gasteiger partial charge in [-0.05, 0) is 6.07 Å².